The van der Waals surface area contributed by atoms with Gasteiger partial charge in [0.1, 0.15) is 5.82 Å². The van der Waals surface area contributed by atoms with Crippen molar-refractivity contribution < 1.29 is 19.2 Å². The molecule has 3 N–H and O–H groups in total. The van der Waals surface area contributed by atoms with Gasteiger partial charge in [0.15, 0.2) is 0 Å². The number of aromatic nitrogens is 1. The first-order chi connectivity index (χ1) is 12.8. The molecule has 8 heteroatoms. The number of anilines is 1. The second kappa shape index (κ2) is 10.8. The minimum absolute atomic E-state index is 0.302. The highest BCUT2D eigenvalue weighted by atomic mass is 16.7. The van der Waals surface area contributed by atoms with Crippen LogP contribution in [0.25, 0.3) is 0 Å². The minimum Gasteiger partial charge on any atom is -0.399 e. The monoisotopic (exact) mass is 395 g/mol. The molecule has 2 rings (SSSR count). The van der Waals surface area contributed by atoms with Gasteiger partial charge in [0, 0.05) is 19.8 Å². The van der Waals surface area contributed by atoms with E-state index >= 15 is 0 Å². The van der Waals surface area contributed by atoms with Crippen LogP contribution in [0.3, 0.4) is 0 Å². The van der Waals surface area contributed by atoms with E-state index in [1.807, 2.05) is 40.1 Å². The average molecular weight is 395 g/mol. The molecule has 0 atom stereocenters. The van der Waals surface area contributed by atoms with Gasteiger partial charge in [-0.15, -0.1) is 0 Å². The Morgan fingerprint density at radius 3 is 2.07 bits per heavy atom. The first-order valence-corrected chi connectivity index (χ1v) is 9.72. The molecule has 1 aromatic rings. The Hall–Kier alpha value is -1.64. The van der Waals surface area contributed by atoms with Gasteiger partial charge < -0.3 is 25.0 Å². The summed E-state index contributed by atoms with van der Waals surface area (Å²) >= 11 is 0. The molecule has 2 heterocycles. The minimum atomic E-state index is -0.791. The van der Waals surface area contributed by atoms with E-state index in [0.29, 0.717) is 13.0 Å². The second-order valence-corrected chi connectivity index (χ2v) is 8.08. The molecule has 160 valence electrons. The lowest BCUT2D eigenvalue weighted by Crippen LogP contribution is -2.41. The van der Waals surface area contributed by atoms with Crippen molar-refractivity contribution >= 4 is 24.8 Å². The summed E-state index contributed by atoms with van der Waals surface area (Å²) in [5, 5.41) is 14.3. The lowest BCUT2D eigenvalue weighted by Gasteiger charge is -2.32. The van der Waals surface area contributed by atoms with Crippen molar-refractivity contribution in [2.45, 2.75) is 79.1 Å². The normalized spacial score (nSPS) is 16.9. The molecule has 0 spiro atoms. The molecule has 1 amide bonds. The Bertz CT molecular complexity index is 600. The fourth-order valence-electron chi connectivity index (χ4n) is 2.19. The quantitative estimate of drug-likeness (QED) is 0.523. The number of rotatable bonds is 5. The summed E-state index contributed by atoms with van der Waals surface area (Å²) in [5.74, 6) is 0.824. The van der Waals surface area contributed by atoms with Crippen molar-refractivity contribution in [3.63, 3.8) is 0 Å². The molecule has 1 aliphatic rings. The maximum absolute atomic E-state index is 9.63. The summed E-state index contributed by atoms with van der Waals surface area (Å²) in [4.78, 5) is 13.9. The number of nitrogens with zero attached hydrogens (tertiary/aromatic N) is 1. The van der Waals surface area contributed by atoms with E-state index in [-0.39, 0.29) is 18.3 Å². The number of carbonyl (C=O) groups excluding carboxylic acids is 1. The molecule has 1 fully saturated rings. The van der Waals surface area contributed by atoms with Crippen molar-refractivity contribution in [2.75, 3.05) is 18.9 Å². The van der Waals surface area contributed by atoms with Crippen LogP contribution in [0.5, 0.6) is 0 Å². The highest BCUT2D eigenvalue weighted by Gasteiger charge is 2.52. The SMILES string of the molecule is CC.CC(C)(O)CNC=O.CNc1cc(B2OC(C)(C)C(C)(C)O2)c(C)cn1. The van der Waals surface area contributed by atoms with Crippen LogP contribution in [-0.4, -0.2) is 54.0 Å². The summed E-state index contributed by atoms with van der Waals surface area (Å²) in [7, 11) is 1.52. The van der Waals surface area contributed by atoms with E-state index in [0.717, 1.165) is 16.8 Å². The van der Waals surface area contributed by atoms with Gasteiger partial charge in [-0.3, -0.25) is 4.79 Å². The Morgan fingerprint density at radius 2 is 1.71 bits per heavy atom. The van der Waals surface area contributed by atoms with Gasteiger partial charge >= 0.3 is 7.12 Å². The fourth-order valence-corrected chi connectivity index (χ4v) is 2.19. The van der Waals surface area contributed by atoms with Crippen molar-refractivity contribution in [2.24, 2.45) is 0 Å². The zero-order valence-electron chi connectivity index (χ0n) is 19.1. The number of aliphatic hydroxyl groups is 1. The number of amides is 1. The topological polar surface area (TPSA) is 92.7 Å². The number of carbonyl (C=O) groups is 1. The number of pyridine rings is 1. The van der Waals surface area contributed by atoms with Gasteiger partial charge in [-0.25, -0.2) is 4.98 Å². The van der Waals surface area contributed by atoms with E-state index in [1.54, 1.807) is 13.8 Å². The fraction of sp³-hybridized carbons (Fsp3) is 0.700. The molecule has 0 radical (unpaired) electrons. The number of hydrogen-bond acceptors (Lipinski definition) is 6. The average Bonchev–Trinajstić information content (AvgIpc) is 2.82. The van der Waals surface area contributed by atoms with Crippen LogP contribution in [0.1, 0.15) is 61.0 Å². The Balaban J connectivity index is 0.000000618. The van der Waals surface area contributed by atoms with Crippen molar-refractivity contribution in [1.29, 1.82) is 0 Å². The Morgan fingerprint density at radius 1 is 1.21 bits per heavy atom. The second-order valence-electron chi connectivity index (χ2n) is 8.08. The molecule has 0 aromatic carbocycles. The van der Waals surface area contributed by atoms with E-state index in [1.165, 1.54) is 0 Å². The first kappa shape index (κ1) is 26.4. The van der Waals surface area contributed by atoms with Crippen LogP contribution >= 0.6 is 0 Å². The van der Waals surface area contributed by atoms with Crippen LogP contribution in [0, 0.1) is 6.92 Å². The van der Waals surface area contributed by atoms with Crippen molar-refractivity contribution in [1.82, 2.24) is 10.3 Å². The molecular formula is C20H38BN3O4. The molecular weight excluding hydrogens is 357 g/mol. The number of hydrogen-bond donors (Lipinski definition) is 3. The summed E-state index contributed by atoms with van der Waals surface area (Å²) in [5.41, 5.74) is 0.696. The third-order valence-electron chi connectivity index (χ3n) is 4.53. The molecule has 1 aromatic heterocycles. The maximum Gasteiger partial charge on any atom is 0.495 e. The van der Waals surface area contributed by atoms with Crippen molar-refractivity contribution in [3.8, 4) is 0 Å². The van der Waals surface area contributed by atoms with E-state index in [2.05, 4.69) is 43.3 Å². The van der Waals surface area contributed by atoms with Gasteiger partial charge in [0.25, 0.3) is 0 Å². The Kier molecular flexibility index (Phi) is 10.2. The summed E-state index contributed by atoms with van der Waals surface area (Å²) in [6.07, 6.45) is 2.41. The lowest BCUT2D eigenvalue weighted by molar-refractivity contribution is -0.110. The van der Waals surface area contributed by atoms with Crippen molar-refractivity contribution in [3.05, 3.63) is 17.8 Å². The van der Waals surface area contributed by atoms with Gasteiger partial charge in [-0.1, -0.05) is 13.8 Å². The maximum atomic E-state index is 9.63. The molecule has 1 aliphatic heterocycles. The summed E-state index contributed by atoms with van der Waals surface area (Å²) in [6.45, 7) is 17.8. The number of nitrogens with one attached hydrogen (secondary N) is 2. The third kappa shape index (κ3) is 7.77. The zero-order chi connectivity index (χ0) is 22.2. The molecule has 28 heavy (non-hydrogen) atoms. The summed E-state index contributed by atoms with van der Waals surface area (Å²) in [6, 6.07) is 1.98. The third-order valence-corrected chi connectivity index (χ3v) is 4.53. The predicted octanol–water partition coefficient (Wildman–Crippen LogP) is 2.26. The van der Waals surface area contributed by atoms with Crippen LogP contribution in [0.15, 0.2) is 12.3 Å². The molecule has 0 aliphatic carbocycles. The van der Waals surface area contributed by atoms with Gasteiger partial charge in [-0.05, 0) is 65.6 Å². The standard InChI is InChI=1S/C13H21BN2O2.C5H11NO2.C2H6/c1-9-8-16-11(15-6)7-10(9)14-17-12(2,3)13(4,5)18-14;1-5(2,8)3-6-4-7;1-2/h7-8H,1-6H3,(H,15,16);4,8H,3H2,1-2H3,(H,6,7);1-2H3. The van der Waals surface area contributed by atoms with Crippen LogP contribution in [-0.2, 0) is 14.1 Å². The van der Waals surface area contributed by atoms with E-state index in [4.69, 9.17) is 14.4 Å². The van der Waals surface area contributed by atoms with E-state index in [9.17, 15) is 4.79 Å². The highest BCUT2D eigenvalue weighted by molar-refractivity contribution is 6.62. The zero-order valence-corrected chi connectivity index (χ0v) is 19.1. The molecule has 1 saturated heterocycles. The molecule has 7 nitrogen and oxygen atoms in total. The Labute approximate surface area is 170 Å². The molecule has 0 unspecified atom stereocenters. The first-order valence-electron chi connectivity index (χ1n) is 9.72. The lowest BCUT2D eigenvalue weighted by atomic mass is 9.77. The molecule has 0 bridgehead atoms. The van der Waals surface area contributed by atoms with Gasteiger partial charge in [-0.2, -0.15) is 0 Å². The van der Waals surface area contributed by atoms with Crippen LogP contribution < -0.4 is 16.1 Å². The van der Waals surface area contributed by atoms with Gasteiger partial charge in [0.05, 0.1) is 16.8 Å². The predicted molar refractivity (Wildman–Crippen MR) is 116 cm³/mol. The number of aryl methyl sites for hydroxylation is 1. The largest absolute Gasteiger partial charge is 0.495 e. The van der Waals surface area contributed by atoms with E-state index < -0.39 is 5.60 Å². The highest BCUT2D eigenvalue weighted by Crippen LogP contribution is 2.36. The smallest absolute Gasteiger partial charge is 0.399 e. The molecule has 0 saturated carbocycles. The van der Waals surface area contributed by atoms with Gasteiger partial charge in [0.2, 0.25) is 6.41 Å². The summed E-state index contributed by atoms with van der Waals surface area (Å²) < 4.78 is 12.1. The van der Waals surface area contributed by atoms with Crippen LogP contribution in [0.2, 0.25) is 0 Å². The van der Waals surface area contributed by atoms with Crippen LogP contribution in [0.4, 0.5) is 5.82 Å².